The average Bonchev–Trinajstić information content (AvgIpc) is 3.72. The van der Waals surface area contributed by atoms with E-state index in [0.29, 0.717) is 17.5 Å². The van der Waals surface area contributed by atoms with Gasteiger partial charge in [-0.15, -0.1) is 29.8 Å². The first-order chi connectivity index (χ1) is 23.6. The molecule has 8 rings (SSSR count). The fourth-order valence-corrected chi connectivity index (χ4v) is 6.91. The van der Waals surface area contributed by atoms with Crippen molar-refractivity contribution in [1.29, 1.82) is 0 Å². The van der Waals surface area contributed by atoms with E-state index in [9.17, 15) is 0 Å². The molecule has 5 heterocycles. The summed E-state index contributed by atoms with van der Waals surface area (Å²) in [5, 5.41) is 0.974. The van der Waals surface area contributed by atoms with Crippen molar-refractivity contribution in [2.75, 3.05) is 0 Å². The van der Waals surface area contributed by atoms with Gasteiger partial charge in [0, 0.05) is 35.0 Å². The van der Waals surface area contributed by atoms with Gasteiger partial charge in [-0.25, -0.2) is 9.97 Å². The first kappa shape index (κ1) is 35.1. The predicted molar refractivity (Wildman–Crippen MR) is 199 cm³/mol. The van der Waals surface area contributed by atoms with Crippen LogP contribution < -0.4 is 4.74 Å². The molecule has 2 aromatic carbocycles. The molecule has 2 atom stereocenters. The molecule has 0 N–H and O–H groups in total. The normalized spacial score (nSPS) is 17.2. The Bertz CT molecular complexity index is 2340. The number of nitrogens with zero attached hydrogens (tertiary/aromatic N) is 5. The molecule has 0 saturated heterocycles. The van der Waals surface area contributed by atoms with Crippen LogP contribution in [-0.2, 0) is 48.5 Å². The number of pyridine rings is 3. The summed E-state index contributed by atoms with van der Waals surface area (Å²) in [6, 6.07) is 27.9. The number of aliphatic imine (C=N–C) groups is 1. The predicted octanol–water partition coefficient (Wildman–Crippen LogP) is 9.69. The quantitative estimate of drug-likeness (QED) is 0.165. The van der Waals surface area contributed by atoms with E-state index >= 15 is 0 Å². The Morgan fingerprint density at radius 1 is 0.784 bits per heavy atom. The van der Waals surface area contributed by atoms with Gasteiger partial charge >= 0.3 is 21.1 Å². The fraction of sp³-hybridized carbons (Fsp3) is 0.349. The maximum absolute atomic E-state index is 6.42. The van der Waals surface area contributed by atoms with Crippen LogP contribution in [0.15, 0.2) is 78.0 Å². The SMILES string of the molecule is CC(C)(C)c1ccnc(-n2c3[c-]c(Oc4[c-]c(C5=N[C@@H]6c7ccc(C(C)(C)C)cc7C[C@@H]6O5)ccn4)ccc3c3nc(C(C)(C)C)ccc32)c1.[Pt+2]. The molecule has 0 spiro atoms. The van der Waals surface area contributed by atoms with Crippen LogP contribution in [0.4, 0.5) is 0 Å². The molecule has 0 saturated carbocycles. The second kappa shape index (κ2) is 12.4. The molecule has 2 aliphatic rings. The molecule has 0 fully saturated rings. The van der Waals surface area contributed by atoms with E-state index in [1.54, 1.807) is 6.20 Å². The standard InChI is InChI=1S/C43H43N5O2.Pt/c1-41(2,3)27-10-12-30-26(20-27)21-34-39(30)47-40(50-34)25-16-18-45-37(22-25)49-29-11-13-31-33(24-29)48(36-23-28(17-19-44-36)42(4,5)6)32-14-15-35(43(7,8)9)46-38(31)32;/h10-20,23,34,39H,21H2,1-9H3;/q-2;+2/t34-,39+;/m0./s1. The first-order valence-corrected chi connectivity index (χ1v) is 17.4. The Hall–Kier alpha value is -4.35. The maximum atomic E-state index is 6.42. The summed E-state index contributed by atoms with van der Waals surface area (Å²) >= 11 is 0. The zero-order valence-corrected chi connectivity index (χ0v) is 32.9. The number of ether oxygens (including phenoxy) is 2. The second-order valence-corrected chi connectivity index (χ2v) is 16.7. The van der Waals surface area contributed by atoms with E-state index in [4.69, 9.17) is 24.4 Å². The van der Waals surface area contributed by atoms with Crippen molar-refractivity contribution in [2.45, 2.75) is 97.1 Å². The molecule has 7 nitrogen and oxygen atoms in total. The third-order valence-corrected chi connectivity index (χ3v) is 9.83. The Balaban J connectivity index is 0.00000406. The third-order valence-electron chi connectivity index (χ3n) is 9.83. The van der Waals surface area contributed by atoms with Gasteiger partial charge in [-0.1, -0.05) is 91.4 Å². The molecule has 0 unspecified atom stereocenters. The van der Waals surface area contributed by atoms with Crippen LogP contribution in [-0.4, -0.2) is 31.5 Å². The monoisotopic (exact) mass is 856 g/mol. The van der Waals surface area contributed by atoms with Gasteiger partial charge in [-0.3, -0.25) is 4.98 Å². The molecule has 1 aliphatic carbocycles. The summed E-state index contributed by atoms with van der Waals surface area (Å²) < 4.78 is 14.9. The third kappa shape index (κ3) is 6.39. The zero-order chi connectivity index (χ0) is 35.2. The second-order valence-electron chi connectivity index (χ2n) is 16.7. The number of fused-ring (bicyclic) bond motifs is 6. The Morgan fingerprint density at radius 3 is 2.27 bits per heavy atom. The smallest absolute Gasteiger partial charge is 0.528 e. The van der Waals surface area contributed by atoms with E-state index in [-0.39, 0.29) is 49.5 Å². The van der Waals surface area contributed by atoms with Gasteiger partial charge in [0.25, 0.3) is 0 Å². The fourth-order valence-electron chi connectivity index (χ4n) is 6.91. The van der Waals surface area contributed by atoms with Gasteiger partial charge in [0.1, 0.15) is 23.9 Å². The van der Waals surface area contributed by atoms with Gasteiger partial charge < -0.3 is 19.0 Å². The number of hydrogen-bond donors (Lipinski definition) is 0. The van der Waals surface area contributed by atoms with Gasteiger partial charge in [0.05, 0.1) is 5.52 Å². The number of rotatable bonds is 4. The summed E-state index contributed by atoms with van der Waals surface area (Å²) in [4.78, 5) is 19.5. The number of aromatic nitrogens is 4. The minimum atomic E-state index is -0.0997. The molecular weight excluding hydrogens is 814 g/mol. The van der Waals surface area contributed by atoms with Crippen molar-refractivity contribution in [1.82, 2.24) is 19.5 Å². The van der Waals surface area contributed by atoms with E-state index < -0.39 is 0 Å². The minimum absolute atomic E-state index is 0. The molecule has 51 heavy (non-hydrogen) atoms. The van der Waals surface area contributed by atoms with Crippen LogP contribution in [0, 0.1) is 12.1 Å². The molecule has 8 heteroatoms. The van der Waals surface area contributed by atoms with Crippen LogP contribution in [0.2, 0.25) is 0 Å². The Morgan fingerprint density at radius 2 is 1.53 bits per heavy atom. The van der Waals surface area contributed by atoms with Gasteiger partial charge in [0.15, 0.2) is 5.88 Å². The molecular formula is C43H43N5O2Pt. The largest absolute Gasteiger partial charge is 2.00 e. The van der Waals surface area contributed by atoms with Crippen LogP contribution in [0.25, 0.3) is 27.8 Å². The van der Waals surface area contributed by atoms with E-state index in [0.717, 1.165) is 45.4 Å². The van der Waals surface area contributed by atoms with E-state index in [1.807, 2.05) is 24.4 Å². The summed E-state index contributed by atoms with van der Waals surface area (Å²) in [5.41, 5.74) is 9.50. The minimum Gasteiger partial charge on any atom is -0.528 e. The van der Waals surface area contributed by atoms with Crippen molar-refractivity contribution in [3.8, 4) is 17.4 Å². The summed E-state index contributed by atoms with van der Waals surface area (Å²) in [6.07, 6.45) is 4.41. The molecule has 1 aliphatic heterocycles. The maximum Gasteiger partial charge on any atom is 2.00 e. The molecule has 0 radical (unpaired) electrons. The van der Waals surface area contributed by atoms with Crippen LogP contribution in [0.3, 0.4) is 0 Å². The molecule has 0 amide bonds. The molecule has 262 valence electrons. The van der Waals surface area contributed by atoms with Gasteiger partial charge in [-0.05, 0) is 63.5 Å². The molecule has 4 aromatic heterocycles. The van der Waals surface area contributed by atoms with Crippen molar-refractivity contribution >= 4 is 27.8 Å². The summed E-state index contributed by atoms with van der Waals surface area (Å²) in [7, 11) is 0. The van der Waals surface area contributed by atoms with Crippen molar-refractivity contribution < 1.29 is 30.5 Å². The molecule has 0 bridgehead atoms. The van der Waals surface area contributed by atoms with Crippen LogP contribution >= 0.6 is 0 Å². The van der Waals surface area contributed by atoms with Crippen molar-refractivity contribution in [2.24, 2.45) is 4.99 Å². The van der Waals surface area contributed by atoms with Crippen LogP contribution in [0.1, 0.15) is 102 Å². The summed E-state index contributed by atoms with van der Waals surface area (Å²) in [6.45, 7) is 19.9. The Kier molecular flexibility index (Phi) is 8.53. The Labute approximate surface area is 314 Å². The van der Waals surface area contributed by atoms with Crippen LogP contribution in [0.5, 0.6) is 11.6 Å². The molecule has 6 aromatic rings. The van der Waals surface area contributed by atoms with Gasteiger partial charge in [-0.2, -0.15) is 6.07 Å². The van der Waals surface area contributed by atoms with Crippen molar-refractivity contribution in [3.05, 3.63) is 119 Å². The van der Waals surface area contributed by atoms with Crippen molar-refractivity contribution in [3.63, 3.8) is 0 Å². The van der Waals surface area contributed by atoms with E-state index in [1.165, 1.54) is 22.3 Å². The number of hydrogen-bond acceptors (Lipinski definition) is 6. The zero-order valence-electron chi connectivity index (χ0n) is 30.7. The van der Waals surface area contributed by atoms with Gasteiger partial charge in [0.2, 0.25) is 0 Å². The topological polar surface area (TPSA) is 74.4 Å². The van der Waals surface area contributed by atoms with E-state index in [2.05, 4.69) is 126 Å². The summed E-state index contributed by atoms with van der Waals surface area (Å²) in [5.74, 6) is 2.21. The number of benzene rings is 2. The first-order valence-electron chi connectivity index (χ1n) is 17.4. The average molecular weight is 857 g/mol.